The Morgan fingerprint density at radius 3 is 2.55 bits per heavy atom. The Balaban J connectivity index is 3.21. The molecule has 60 valence electrons. The number of nitrogen functional groups attached to an aromatic ring is 1. The van der Waals surface area contributed by atoms with E-state index in [1.807, 2.05) is 6.07 Å². The summed E-state index contributed by atoms with van der Waals surface area (Å²) in [6.45, 7) is 0.471. The highest BCUT2D eigenvalue weighted by Crippen LogP contribution is 2.28. The van der Waals surface area contributed by atoms with Crippen LogP contribution in [-0.2, 0) is 6.54 Å². The summed E-state index contributed by atoms with van der Waals surface area (Å²) in [6.07, 6.45) is 0. The number of nitrogens with two attached hydrogens (primary N) is 2. The Labute approximate surface area is 78.6 Å². The molecule has 0 unspecified atom stereocenters. The Morgan fingerprint density at radius 1 is 1.45 bits per heavy atom. The fourth-order valence-corrected chi connectivity index (χ4v) is 1.62. The van der Waals surface area contributed by atoms with Crippen molar-refractivity contribution in [3.63, 3.8) is 0 Å². The molecule has 1 aromatic carbocycles. The minimum atomic E-state index is 0.471. The van der Waals surface area contributed by atoms with Crippen molar-refractivity contribution in [2.45, 2.75) is 6.54 Å². The van der Waals surface area contributed by atoms with Crippen molar-refractivity contribution < 1.29 is 0 Å². The van der Waals surface area contributed by atoms with Crippen LogP contribution in [0.5, 0.6) is 0 Å². The van der Waals surface area contributed by atoms with Gasteiger partial charge < -0.3 is 11.5 Å². The lowest BCUT2D eigenvalue weighted by Gasteiger charge is -2.03. The van der Waals surface area contributed by atoms with Crippen molar-refractivity contribution in [3.8, 4) is 0 Å². The zero-order chi connectivity index (χ0) is 8.43. The highest BCUT2D eigenvalue weighted by Gasteiger charge is 2.02. The topological polar surface area (TPSA) is 52.0 Å². The second kappa shape index (κ2) is 3.43. The molecular weight excluding hydrogens is 227 g/mol. The first-order valence-electron chi connectivity index (χ1n) is 3.08. The van der Waals surface area contributed by atoms with Gasteiger partial charge in [-0.3, -0.25) is 0 Å². The maximum atomic E-state index is 5.79. The van der Waals surface area contributed by atoms with Gasteiger partial charge >= 0.3 is 0 Å². The van der Waals surface area contributed by atoms with Crippen LogP contribution in [0.2, 0.25) is 5.02 Å². The van der Waals surface area contributed by atoms with Crippen LogP contribution in [0.25, 0.3) is 0 Å². The number of hydrogen-bond donors (Lipinski definition) is 2. The van der Waals surface area contributed by atoms with Crippen LogP contribution >= 0.6 is 27.5 Å². The number of benzene rings is 1. The Bertz CT molecular complexity index is 252. The molecule has 0 spiro atoms. The highest BCUT2D eigenvalue weighted by molar-refractivity contribution is 9.10. The van der Waals surface area contributed by atoms with E-state index in [2.05, 4.69) is 15.9 Å². The van der Waals surface area contributed by atoms with E-state index in [4.69, 9.17) is 23.1 Å². The van der Waals surface area contributed by atoms with Crippen LogP contribution in [0.3, 0.4) is 0 Å². The number of hydrogen-bond acceptors (Lipinski definition) is 2. The minimum Gasteiger partial charge on any atom is -0.397 e. The molecule has 4 heteroatoms. The summed E-state index contributed by atoms with van der Waals surface area (Å²) in [5.74, 6) is 0. The van der Waals surface area contributed by atoms with Gasteiger partial charge in [-0.25, -0.2) is 0 Å². The van der Waals surface area contributed by atoms with E-state index in [0.717, 1.165) is 10.0 Å². The van der Waals surface area contributed by atoms with Crippen LogP contribution in [0.1, 0.15) is 5.56 Å². The van der Waals surface area contributed by atoms with E-state index in [9.17, 15) is 0 Å². The average Bonchev–Trinajstić information content (AvgIpc) is 1.99. The van der Waals surface area contributed by atoms with Crippen molar-refractivity contribution in [1.82, 2.24) is 0 Å². The molecule has 0 aliphatic heterocycles. The smallest absolute Gasteiger partial charge is 0.0650 e. The predicted octanol–water partition coefficient (Wildman–Crippen LogP) is 2.14. The predicted molar refractivity (Wildman–Crippen MR) is 51.5 cm³/mol. The van der Waals surface area contributed by atoms with Gasteiger partial charge in [0.1, 0.15) is 0 Å². The molecule has 1 aromatic rings. The fourth-order valence-electron chi connectivity index (χ4n) is 0.755. The van der Waals surface area contributed by atoms with E-state index in [-0.39, 0.29) is 0 Å². The number of rotatable bonds is 1. The lowest BCUT2D eigenvalue weighted by atomic mass is 10.2. The second-order valence-corrected chi connectivity index (χ2v) is 3.44. The van der Waals surface area contributed by atoms with Crippen molar-refractivity contribution in [1.29, 1.82) is 0 Å². The number of halogens is 2. The Kier molecular flexibility index (Phi) is 2.76. The lowest BCUT2D eigenvalue weighted by molar-refractivity contribution is 1.07. The summed E-state index contributed by atoms with van der Waals surface area (Å²) in [4.78, 5) is 0. The third-order valence-corrected chi connectivity index (χ3v) is 2.34. The van der Waals surface area contributed by atoms with Crippen LogP contribution < -0.4 is 11.5 Å². The van der Waals surface area contributed by atoms with Crippen LogP contribution in [0.15, 0.2) is 16.6 Å². The molecule has 4 N–H and O–H groups in total. The van der Waals surface area contributed by atoms with E-state index >= 15 is 0 Å². The zero-order valence-electron chi connectivity index (χ0n) is 5.77. The first-order valence-corrected chi connectivity index (χ1v) is 4.25. The van der Waals surface area contributed by atoms with E-state index in [1.165, 1.54) is 0 Å². The summed E-state index contributed by atoms with van der Waals surface area (Å²) in [7, 11) is 0. The molecule has 0 amide bonds. The second-order valence-electron chi connectivity index (χ2n) is 2.18. The van der Waals surface area contributed by atoms with Gasteiger partial charge in [0.25, 0.3) is 0 Å². The van der Waals surface area contributed by atoms with Crippen molar-refractivity contribution in [2.24, 2.45) is 5.73 Å². The van der Waals surface area contributed by atoms with Gasteiger partial charge in [-0.2, -0.15) is 0 Å². The summed E-state index contributed by atoms with van der Waals surface area (Å²) in [5.41, 5.74) is 12.5. The van der Waals surface area contributed by atoms with E-state index in [0.29, 0.717) is 17.3 Å². The average molecular weight is 236 g/mol. The molecule has 11 heavy (non-hydrogen) atoms. The molecule has 0 radical (unpaired) electrons. The molecule has 0 aliphatic rings. The van der Waals surface area contributed by atoms with Crippen molar-refractivity contribution in [3.05, 3.63) is 27.2 Å². The third-order valence-electron chi connectivity index (χ3n) is 1.37. The summed E-state index contributed by atoms with van der Waals surface area (Å²) < 4.78 is 0.797. The van der Waals surface area contributed by atoms with Gasteiger partial charge in [0.05, 0.1) is 10.7 Å². The minimum absolute atomic E-state index is 0.471. The molecule has 0 aliphatic carbocycles. The largest absolute Gasteiger partial charge is 0.397 e. The van der Waals surface area contributed by atoms with Gasteiger partial charge in [0.15, 0.2) is 0 Å². The maximum absolute atomic E-state index is 5.79. The third kappa shape index (κ3) is 1.86. The molecule has 0 saturated carbocycles. The van der Waals surface area contributed by atoms with Gasteiger partial charge in [-0.05, 0) is 33.6 Å². The van der Waals surface area contributed by atoms with Gasteiger partial charge in [0, 0.05) is 11.0 Å². The summed E-state index contributed by atoms with van der Waals surface area (Å²) in [5, 5.41) is 0.542. The SMILES string of the molecule is NCc1cc(Cl)c(N)c(Br)c1. The molecule has 0 saturated heterocycles. The zero-order valence-corrected chi connectivity index (χ0v) is 8.11. The summed E-state index contributed by atoms with van der Waals surface area (Å²) in [6, 6.07) is 3.63. The first-order chi connectivity index (χ1) is 5.15. The van der Waals surface area contributed by atoms with E-state index in [1.54, 1.807) is 6.07 Å². The molecule has 0 bridgehead atoms. The van der Waals surface area contributed by atoms with Crippen LogP contribution in [0.4, 0.5) is 5.69 Å². The van der Waals surface area contributed by atoms with Crippen molar-refractivity contribution in [2.75, 3.05) is 5.73 Å². The fraction of sp³-hybridized carbons (Fsp3) is 0.143. The van der Waals surface area contributed by atoms with Crippen molar-refractivity contribution >= 4 is 33.2 Å². The lowest BCUT2D eigenvalue weighted by Crippen LogP contribution is -1.98. The number of anilines is 1. The highest BCUT2D eigenvalue weighted by atomic mass is 79.9. The van der Waals surface area contributed by atoms with Crippen LogP contribution in [-0.4, -0.2) is 0 Å². The Morgan fingerprint density at radius 2 is 2.09 bits per heavy atom. The molecular formula is C7H8BrClN2. The molecule has 1 rings (SSSR count). The molecule has 0 aromatic heterocycles. The van der Waals surface area contributed by atoms with Gasteiger partial charge in [0.2, 0.25) is 0 Å². The normalized spacial score (nSPS) is 10.1. The maximum Gasteiger partial charge on any atom is 0.0650 e. The molecule has 0 heterocycles. The van der Waals surface area contributed by atoms with E-state index < -0.39 is 0 Å². The monoisotopic (exact) mass is 234 g/mol. The Hall–Kier alpha value is -0.250. The quantitative estimate of drug-likeness (QED) is 0.733. The summed E-state index contributed by atoms with van der Waals surface area (Å²) >= 11 is 9.06. The molecule has 0 atom stereocenters. The van der Waals surface area contributed by atoms with Gasteiger partial charge in [-0.15, -0.1) is 0 Å². The van der Waals surface area contributed by atoms with Crippen LogP contribution in [0, 0.1) is 0 Å². The van der Waals surface area contributed by atoms with Gasteiger partial charge in [-0.1, -0.05) is 11.6 Å². The standard InChI is InChI=1S/C7H8BrClN2/c8-5-1-4(3-10)2-6(9)7(5)11/h1-2H,3,10-11H2. The molecule has 0 fully saturated rings. The molecule has 2 nitrogen and oxygen atoms in total. The first kappa shape index (κ1) is 8.84.